The van der Waals surface area contributed by atoms with Gasteiger partial charge in [-0.25, -0.2) is 9.37 Å². The number of halogens is 1. The first kappa shape index (κ1) is 15.2. The number of rotatable bonds is 4. The van der Waals surface area contributed by atoms with Gasteiger partial charge in [0.15, 0.2) is 5.16 Å². The maximum atomic E-state index is 13.5. The summed E-state index contributed by atoms with van der Waals surface area (Å²) in [5.41, 5.74) is 0.430. The van der Waals surface area contributed by atoms with Crippen molar-refractivity contribution in [1.29, 1.82) is 0 Å². The third-order valence-electron chi connectivity index (χ3n) is 3.08. The number of amides is 1. The molecule has 0 unspecified atom stereocenters. The molecular formula is C16H12FN3O2S. The summed E-state index contributed by atoms with van der Waals surface area (Å²) >= 11 is 1.08. The molecule has 0 saturated carbocycles. The number of aromatic nitrogens is 2. The molecule has 2 N–H and O–H groups in total. The predicted molar refractivity (Wildman–Crippen MR) is 88.1 cm³/mol. The molecule has 1 heterocycles. The van der Waals surface area contributed by atoms with Crippen LogP contribution in [-0.4, -0.2) is 21.6 Å². The second-order valence-corrected chi connectivity index (χ2v) is 5.67. The van der Waals surface area contributed by atoms with E-state index in [1.165, 1.54) is 12.1 Å². The zero-order valence-corrected chi connectivity index (χ0v) is 12.7. The predicted octanol–water partition coefficient (Wildman–Crippen LogP) is 2.79. The first-order valence-electron chi connectivity index (χ1n) is 6.80. The lowest BCUT2D eigenvalue weighted by atomic mass is 10.2. The topological polar surface area (TPSA) is 74.8 Å². The van der Waals surface area contributed by atoms with E-state index in [2.05, 4.69) is 15.3 Å². The highest BCUT2D eigenvalue weighted by atomic mass is 32.2. The molecule has 5 nitrogen and oxygen atoms in total. The Morgan fingerprint density at radius 3 is 2.74 bits per heavy atom. The maximum absolute atomic E-state index is 13.5. The van der Waals surface area contributed by atoms with E-state index in [1.54, 1.807) is 36.4 Å². The molecule has 1 amide bonds. The SMILES string of the molecule is O=C(CSc1nc2ccccc2c(=O)[nH]1)Nc1ccccc1F. The molecular weight excluding hydrogens is 317 g/mol. The lowest BCUT2D eigenvalue weighted by Gasteiger charge is -2.06. The number of benzene rings is 2. The summed E-state index contributed by atoms with van der Waals surface area (Å²) in [6.07, 6.45) is 0. The molecule has 23 heavy (non-hydrogen) atoms. The monoisotopic (exact) mass is 329 g/mol. The van der Waals surface area contributed by atoms with Crippen LogP contribution in [0.25, 0.3) is 10.9 Å². The Bertz CT molecular complexity index is 926. The van der Waals surface area contributed by atoms with Crippen molar-refractivity contribution < 1.29 is 9.18 Å². The van der Waals surface area contributed by atoms with Crippen LogP contribution in [0.2, 0.25) is 0 Å². The molecule has 0 aliphatic heterocycles. The minimum absolute atomic E-state index is 0.00954. The number of anilines is 1. The summed E-state index contributed by atoms with van der Waals surface area (Å²) in [6, 6.07) is 12.9. The molecule has 0 radical (unpaired) electrons. The Kier molecular flexibility index (Phi) is 4.38. The van der Waals surface area contributed by atoms with E-state index in [4.69, 9.17) is 0 Å². The Labute approximate surface area is 135 Å². The molecule has 7 heteroatoms. The van der Waals surface area contributed by atoms with Gasteiger partial charge >= 0.3 is 0 Å². The quantitative estimate of drug-likeness (QED) is 0.570. The Balaban J connectivity index is 1.70. The average molecular weight is 329 g/mol. The van der Waals surface area contributed by atoms with Gasteiger partial charge in [-0.3, -0.25) is 9.59 Å². The standard InChI is InChI=1S/C16H12FN3O2S/c17-11-6-2-4-8-13(11)18-14(21)9-23-16-19-12-7-3-1-5-10(12)15(22)20-16/h1-8H,9H2,(H,18,21)(H,19,20,22). The fourth-order valence-corrected chi connectivity index (χ4v) is 2.68. The summed E-state index contributed by atoms with van der Waals surface area (Å²) in [4.78, 5) is 30.7. The van der Waals surface area contributed by atoms with Gasteiger partial charge in [0, 0.05) is 0 Å². The van der Waals surface area contributed by atoms with Crippen LogP contribution in [0.5, 0.6) is 0 Å². The number of carbonyl (C=O) groups is 1. The van der Waals surface area contributed by atoms with E-state index >= 15 is 0 Å². The third-order valence-corrected chi connectivity index (χ3v) is 3.95. The van der Waals surface area contributed by atoms with E-state index in [9.17, 15) is 14.0 Å². The lowest BCUT2D eigenvalue weighted by Crippen LogP contribution is -2.16. The van der Waals surface area contributed by atoms with Crippen molar-refractivity contribution in [3.63, 3.8) is 0 Å². The maximum Gasteiger partial charge on any atom is 0.259 e. The van der Waals surface area contributed by atoms with Crippen LogP contribution in [0, 0.1) is 5.82 Å². The molecule has 0 saturated heterocycles. The van der Waals surface area contributed by atoms with Crippen LogP contribution in [0.1, 0.15) is 0 Å². The van der Waals surface area contributed by atoms with E-state index in [-0.39, 0.29) is 22.9 Å². The van der Waals surface area contributed by atoms with E-state index < -0.39 is 5.82 Å². The van der Waals surface area contributed by atoms with Gasteiger partial charge in [-0.05, 0) is 24.3 Å². The summed E-state index contributed by atoms with van der Waals surface area (Å²) < 4.78 is 13.5. The summed E-state index contributed by atoms with van der Waals surface area (Å²) in [6.45, 7) is 0. The largest absolute Gasteiger partial charge is 0.323 e. The van der Waals surface area contributed by atoms with Crippen LogP contribution in [-0.2, 0) is 4.79 Å². The number of thioether (sulfide) groups is 1. The summed E-state index contributed by atoms with van der Waals surface area (Å²) in [7, 11) is 0. The molecule has 0 fully saturated rings. The number of nitrogens with zero attached hydrogens (tertiary/aromatic N) is 1. The van der Waals surface area contributed by atoms with Crippen LogP contribution < -0.4 is 10.9 Å². The molecule has 0 bridgehead atoms. The van der Waals surface area contributed by atoms with Gasteiger partial charge < -0.3 is 10.3 Å². The van der Waals surface area contributed by atoms with Gasteiger partial charge in [-0.15, -0.1) is 0 Å². The van der Waals surface area contributed by atoms with Gasteiger partial charge in [0.05, 0.1) is 22.3 Å². The first-order valence-corrected chi connectivity index (χ1v) is 7.78. The first-order chi connectivity index (χ1) is 11.1. The van der Waals surface area contributed by atoms with Gasteiger partial charge in [0.1, 0.15) is 5.82 Å². The lowest BCUT2D eigenvalue weighted by molar-refractivity contribution is -0.113. The zero-order valence-electron chi connectivity index (χ0n) is 11.9. The second kappa shape index (κ2) is 6.62. The van der Waals surface area contributed by atoms with Crippen molar-refractivity contribution in [1.82, 2.24) is 9.97 Å². The molecule has 0 aliphatic rings. The van der Waals surface area contributed by atoms with Gasteiger partial charge in [0.25, 0.3) is 5.56 Å². The van der Waals surface area contributed by atoms with Crippen molar-refractivity contribution in [3.8, 4) is 0 Å². The minimum atomic E-state index is -0.497. The van der Waals surface area contributed by atoms with Gasteiger partial charge in [-0.2, -0.15) is 0 Å². The Morgan fingerprint density at radius 1 is 1.17 bits per heavy atom. The fourth-order valence-electron chi connectivity index (χ4n) is 2.02. The van der Waals surface area contributed by atoms with E-state index in [0.717, 1.165) is 11.8 Å². The third kappa shape index (κ3) is 3.57. The number of hydrogen-bond acceptors (Lipinski definition) is 4. The molecule has 1 aromatic heterocycles. The van der Waals surface area contributed by atoms with Crippen LogP contribution in [0.4, 0.5) is 10.1 Å². The molecule has 3 aromatic rings. The second-order valence-electron chi connectivity index (χ2n) is 4.70. The van der Waals surface area contributed by atoms with Crippen LogP contribution in [0.3, 0.4) is 0 Å². The number of fused-ring (bicyclic) bond motifs is 1. The minimum Gasteiger partial charge on any atom is -0.323 e. The Morgan fingerprint density at radius 2 is 1.91 bits per heavy atom. The highest BCUT2D eigenvalue weighted by Gasteiger charge is 2.09. The van der Waals surface area contributed by atoms with Crippen LogP contribution in [0.15, 0.2) is 58.5 Å². The van der Waals surface area contributed by atoms with Gasteiger partial charge in [-0.1, -0.05) is 36.0 Å². The van der Waals surface area contributed by atoms with Gasteiger partial charge in [0.2, 0.25) is 5.91 Å². The van der Waals surface area contributed by atoms with Crippen molar-refractivity contribution in [3.05, 3.63) is 64.7 Å². The van der Waals surface area contributed by atoms with Crippen molar-refractivity contribution in [2.75, 3.05) is 11.1 Å². The van der Waals surface area contributed by atoms with E-state index in [0.29, 0.717) is 16.1 Å². The normalized spacial score (nSPS) is 10.7. The molecule has 0 aliphatic carbocycles. The fraction of sp³-hybridized carbons (Fsp3) is 0.0625. The smallest absolute Gasteiger partial charge is 0.259 e. The average Bonchev–Trinajstić information content (AvgIpc) is 2.55. The summed E-state index contributed by atoms with van der Waals surface area (Å²) in [5, 5.41) is 3.32. The molecule has 2 aromatic carbocycles. The number of H-pyrrole nitrogens is 1. The zero-order chi connectivity index (χ0) is 16.2. The van der Waals surface area contributed by atoms with Crippen molar-refractivity contribution in [2.24, 2.45) is 0 Å². The number of nitrogens with one attached hydrogen (secondary N) is 2. The Hall–Kier alpha value is -2.67. The molecule has 0 atom stereocenters. The number of aromatic amines is 1. The highest BCUT2D eigenvalue weighted by molar-refractivity contribution is 7.99. The number of carbonyl (C=O) groups excluding carboxylic acids is 1. The highest BCUT2D eigenvalue weighted by Crippen LogP contribution is 2.16. The molecule has 0 spiro atoms. The van der Waals surface area contributed by atoms with E-state index in [1.807, 2.05) is 0 Å². The van der Waals surface area contributed by atoms with Crippen molar-refractivity contribution in [2.45, 2.75) is 5.16 Å². The van der Waals surface area contributed by atoms with Crippen molar-refractivity contribution >= 4 is 34.3 Å². The van der Waals surface area contributed by atoms with Crippen LogP contribution >= 0.6 is 11.8 Å². The number of hydrogen-bond donors (Lipinski definition) is 2. The summed E-state index contributed by atoms with van der Waals surface area (Å²) in [5.74, 6) is -0.866. The molecule has 3 rings (SSSR count). The molecule has 116 valence electrons. The number of para-hydroxylation sites is 2.